The fourth-order valence-corrected chi connectivity index (χ4v) is 4.00. The van der Waals surface area contributed by atoms with Gasteiger partial charge in [-0.1, -0.05) is 11.6 Å². The van der Waals surface area contributed by atoms with Crippen LogP contribution in [0, 0.1) is 17.7 Å². The van der Waals surface area contributed by atoms with E-state index in [0.717, 1.165) is 18.9 Å². The molecule has 1 aromatic rings. The molecule has 2 aliphatic rings. The van der Waals surface area contributed by atoms with Crippen molar-refractivity contribution in [2.75, 3.05) is 19.7 Å². The van der Waals surface area contributed by atoms with E-state index in [2.05, 4.69) is 5.32 Å². The van der Waals surface area contributed by atoms with Crippen molar-refractivity contribution in [2.45, 2.75) is 45.3 Å². The van der Waals surface area contributed by atoms with Crippen LogP contribution in [0.15, 0.2) is 18.2 Å². The molecule has 6 nitrogen and oxygen atoms in total. The van der Waals surface area contributed by atoms with Crippen LogP contribution >= 0.6 is 11.6 Å². The Labute approximate surface area is 169 Å². The minimum Gasteiger partial charge on any atom is -0.484 e. The molecule has 1 aromatic carbocycles. The summed E-state index contributed by atoms with van der Waals surface area (Å²) in [6.07, 6.45) is 1.38. The third-order valence-electron chi connectivity index (χ3n) is 5.03. The largest absolute Gasteiger partial charge is 0.484 e. The number of nitrogens with one attached hydrogen (secondary N) is 1. The molecule has 3 rings (SSSR count). The van der Waals surface area contributed by atoms with Crippen LogP contribution in [0.1, 0.15) is 33.6 Å². The second kappa shape index (κ2) is 8.15. The molecule has 28 heavy (non-hydrogen) atoms. The summed E-state index contributed by atoms with van der Waals surface area (Å²) < 4.78 is 24.1. The third kappa shape index (κ3) is 5.28. The molecular formula is C20H26ClFN2O4. The molecule has 1 aliphatic heterocycles. The van der Waals surface area contributed by atoms with Crippen molar-refractivity contribution >= 4 is 23.6 Å². The van der Waals surface area contributed by atoms with Crippen LogP contribution in [-0.4, -0.2) is 48.2 Å². The van der Waals surface area contributed by atoms with Crippen molar-refractivity contribution < 1.29 is 23.5 Å². The highest BCUT2D eigenvalue weighted by atomic mass is 35.5. The van der Waals surface area contributed by atoms with E-state index in [1.54, 1.807) is 4.90 Å². The highest BCUT2D eigenvalue weighted by molar-refractivity contribution is 6.30. The van der Waals surface area contributed by atoms with Crippen LogP contribution in [0.5, 0.6) is 5.75 Å². The second-order valence-corrected chi connectivity index (χ2v) is 8.91. The highest BCUT2D eigenvalue weighted by Gasteiger charge is 2.43. The molecular weight excluding hydrogens is 387 g/mol. The van der Waals surface area contributed by atoms with E-state index in [0.29, 0.717) is 24.9 Å². The van der Waals surface area contributed by atoms with E-state index in [9.17, 15) is 14.0 Å². The number of hydrogen-bond donors (Lipinski definition) is 1. The second-order valence-electron chi connectivity index (χ2n) is 8.51. The Bertz CT molecular complexity index is 738. The number of benzene rings is 1. The fraction of sp³-hybridized carbons (Fsp3) is 0.600. The summed E-state index contributed by atoms with van der Waals surface area (Å²) in [5.41, 5.74) is -0.502. The van der Waals surface area contributed by atoms with Crippen LogP contribution in [0.2, 0.25) is 5.02 Å². The van der Waals surface area contributed by atoms with Crippen molar-refractivity contribution in [3.8, 4) is 5.75 Å². The van der Waals surface area contributed by atoms with Gasteiger partial charge in [-0.25, -0.2) is 9.18 Å². The van der Waals surface area contributed by atoms with Gasteiger partial charge in [0.25, 0.3) is 5.91 Å². The van der Waals surface area contributed by atoms with Crippen LogP contribution in [0.3, 0.4) is 0 Å². The first-order valence-electron chi connectivity index (χ1n) is 9.46. The van der Waals surface area contributed by atoms with Crippen LogP contribution in [0.25, 0.3) is 0 Å². The van der Waals surface area contributed by atoms with Gasteiger partial charge in [0.2, 0.25) is 0 Å². The number of hydrogen-bond acceptors (Lipinski definition) is 4. The Hall–Kier alpha value is -2.02. The normalized spacial score (nSPS) is 24.0. The van der Waals surface area contributed by atoms with Crippen molar-refractivity contribution in [1.29, 1.82) is 0 Å². The molecule has 2 amide bonds. The molecule has 1 saturated heterocycles. The lowest BCUT2D eigenvalue weighted by Crippen LogP contribution is -2.39. The average molecular weight is 413 g/mol. The Balaban J connectivity index is 1.42. The topological polar surface area (TPSA) is 67.9 Å². The molecule has 0 spiro atoms. The van der Waals surface area contributed by atoms with E-state index < -0.39 is 11.4 Å². The Kier molecular flexibility index (Phi) is 6.03. The van der Waals surface area contributed by atoms with Crippen LogP contribution in [-0.2, 0) is 9.53 Å². The smallest absolute Gasteiger partial charge is 0.410 e. The highest BCUT2D eigenvalue weighted by Crippen LogP contribution is 2.38. The van der Waals surface area contributed by atoms with Gasteiger partial charge >= 0.3 is 6.09 Å². The summed E-state index contributed by atoms with van der Waals surface area (Å²) in [6, 6.07) is 4.12. The van der Waals surface area contributed by atoms with Crippen molar-refractivity contribution in [1.82, 2.24) is 10.2 Å². The molecule has 0 aromatic heterocycles. The minimum absolute atomic E-state index is 0.00900. The van der Waals surface area contributed by atoms with Gasteiger partial charge in [0.1, 0.15) is 17.2 Å². The molecule has 154 valence electrons. The van der Waals surface area contributed by atoms with Crippen molar-refractivity contribution in [2.24, 2.45) is 11.8 Å². The van der Waals surface area contributed by atoms with Crippen LogP contribution < -0.4 is 10.1 Å². The van der Waals surface area contributed by atoms with Gasteiger partial charge in [-0.15, -0.1) is 0 Å². The van der Waals surface area contributed by atoms with E-state index in [1.807, 2.05) is 20.8 Å². The zero-order valence-electron chi connectivity index (χ0n) is 16.3. The summed E-state index contributed by atoms with van der Waals surface area (Å²) in [5.74, 6) is 0.156. The van der Waals surface area contributed by atoms with Gasteiger partial charge in [0.15, 0.2) is 6.61 Å². The predicted octanol–water partition coefficient (Wildman–Crippen LogP) is 3.62. The molecule has 0 radical (unpaired) electrons. The molecule has 1 heterocycles. The standard InChI is InChI=1S/C20H26ClFN2O4/c1-20(2,3)28-19(26)24-9-12-6-14(7-13(12)10-24)23-18(25)11-27-15-4-5-16(21)17(22)8-15/h4-5,8,12-14H,6-7,9-11H2,1-3H3,(H,23,25). The first-order valence-corrected chi connectivity index (χ1v) is 9.83. The number of carbonyl (C=O) groups is 2. The van der Waals surface area contributed by atoms with E-state index in [4.69, 9.17) is 21.1 Å². The van der Waals surface area contributed by atoms with E-state index in [-0.39, 0.29) is 35.4 Å². The number of carbonyl (C=O) groups excluding carboxylic acids is 2. The average Bonchev–Trinajstić information content (AvgIpc) is 3.13. The Morgan fingerprint density at radius 1 is 1.25 bits per heavy atom. The van der Waals surface area contributed by atoms with Crippen molar-refractivity contribution in [3.05, 3.63) is 29.0 Å². The van der Waals surface area contributed by atoms with Gasteiger partial charge in [-0.05, 0) is 57.6 Å². The first-order chi connectivity index (χ1) is 13.1. The summed E-state index contributed by atoms with van der Waals surface area (Å²) in [5, 5.41) is 2.98. The molecule has 2 unspecified atom stereocenters. The lowest BCUT2D eigenvalue weighted by Gasteiger charge is -2.25. The van der Waals surface area contributed by atoms with Crippen molar-refractivity contribution in [3.63, 3.8) is 0 Å². The van der Waals surface area contributed by atoms with E-state index >= 15 is 0 Å². The summed E-state index contributed by atoms with van der Waals surface area (Å²) >= 11 is 5.62. The maximum Gasteiger partial charge on any atom is 0.410 e. The monoisotopic (exact) mass is 412 g/mol. The van der Waals surface area contributed by atoms with Crippen LogP contribution in [0.4, 0.5) is 9.18 Å². The van der Waals surface area contributed by atoms with Gasteiger partial charge in [0, 0.05) is 25.2 Å². The number of halogens is 2. The predicted molar refractivity (Wildman–Crippen MR) is 103 cm³/mol. The Morgan fingerprint density at radius 2 is 1.89 bits per heavy atom. The SMILES string of the molecule is CC(C)(C)OC(=O)N1CC2CC(NC(=O)COc3ccc(Cl)c(F)c3)CC2C1. The maximum atomic E-state index is 13.4. The number of nitrogens with zero attached hydrogens (tertiary/aromatic N) is 1. The number of ether oxygens (including phenoxy) is 2. The number of amides is 2. The first kappa shape index (κ1) is 20.7. The summed E-state index contributed by atoms with van der Waals surface area (Å²) in [6.45, 7) is 6.70. The fourth-order valence-electron chi connectivity index (χ4n) is 3.88. The summed E-state index contributed by atoms with van der Waals surface area (Å²) in [4.78, 5) is 26.1. The molecule has 8 heteroatoms. The maximum absolute atomic E-state index is 13.4. The molecule has 2 fully saturated rings. The lowest BCUT2D eigenvalue weighted by atomic mass is 10.0. The molecule has 1 N–H and O–H groups in total. The number of likely N-dealkylation sites (tertiary alicyclic amines) is 1. The molecule has 2 atom stereocenters. The zero-order valence-corrected chi connectivity index (χ0v) is 17.1. The summed E-state index contributed by atoms with van der Waals surface area (Å²) in [7, 11) is 0. The number of rotatable bonds is 4. The minimum atomic E-state index is -0.585. The number of fused-ring (bicyclic) bond motifs is 1. The molecule has 0 bridgehead atoms. The molecule has 1 aliphatic carbocycles. The van der Waals surface area contributed by atoms with Gasteiger partial charge in [0.05, 0.1) is 5.02 Å². The Morgan fingerprint density at radius 3 is 2.46 bits per heavy atom. The van der Waals surface area contributed by atoms with Gasteiger partial charge < -0.3 is 19.7 Å². The lowest BCUT2D eigenvalue weighted by molar-refractivity contribution is -0.123. The quantitative estimate of drug-likeness (QED) is 0.820. The van der Waals surface area contributed by atoms with E-state index in [1.165, 1.54) is 12.1 Å². The molecule has 1 saturated carbocycles. The third-order valence-corrected chi connectivity index (χ3v) is 5.34. The zero-order chi connectivity index (χ0) is 20.5. The van der Waals surface area contributed by atoms with Gasteiger partial charge in [-0.2, -0.15) is 0 Å². The van der Waals surface area contributed by atoms with Gasteiger partial charge in [-0.3, -0.25) is 4.79 Å².